The third-order valence-corrected chi connectivity index (χ3v) is 5.34. The molecule has 4 rings (SSSR count). The van der Waals surface area contributed by atoms with E-state index < -0.39 is 41.4 Å². The summed E-state index contributed by atoms with van der Waals surface area (Å²) in [6.07, 6.45) is 3.30. The summed E-state index contributed by atoms with van der Waals surface area (Å²) >= 11 is 0. The quantitative estimate of drug-likeness (QED) is 0.771. The van der Waals surface area contributed by atoms with Crippen LogP contribution >= 0.6 is 0 Å². The van der Waals surface area contributed by atoms with E-state index in [9.17, 15) is 19.1 Å². The van der Waals surface area contributed by atoms with E-state index >= 15 is 0 Å². The number of hydrogen-bond acceptors (Lipinski definition) is 4. The number of benzene rings is 1. The topological polar surface area (TPSA) is 69.7 Å². The van der Waals surface area contributed by atoms with Crippen LogP contribution in [0.3, 0.4) is 0 Å². The van der Waals surface area contributed by atoms with Crippen LogP contribution in [-0.2, 0) is 14.3 Å². The molecule has 1 amide bonds. The first-order chi connectivity index (χ1) is 11.8. The molecule has 0 aromatic heterocycles. The van der Waals surface area contributed by atoms with Crippen LogP contribution in [0.15, 0.2) is 48.6 Å². The van der Waals surface area contributed by atoms with Crippen LogP contribution in [0.4, 0.5) is 10.1 Å². The number of anilines is 1. The lowest BCUT2D eigenvalue weighted by atomic mass is 9.74. The maximum atomic E-state index is 13.3. The molecule has 0 saturated carbocycles. The van der Waals surface area contributed by atoms with Gasteiger partial charge in [-0.15, -0.1) is 6.58 Å². The van der Waals surface area contributed by atoms with E-state index in [4.69, 9.17) is 4.74 Å². The van der Waals surface area contributed by atoms with Gasteiger partial charge in [-0.05, 0) is 37.6 Å². The number of rotatable bonds is 4. The Labute approximate surface area is 144 Å². The number of hydrogen-bond donors (Lipinski definition) is 0. The summed E-state index contributed by atoms with van der Waals surface area (Å²) in [7, 11) is 0. The van der Waals surface area contributed by atoms with E-state index in [1.807, 2.05) is 6.92 Å². The van der Waals surface area contributed by atoms with Gasteiger partial charge < -0.3 is 19.5 Å². The third-order valence-electron chi connectivity index (χ3n) is 5.34. The fourth-order valence-electron chi connectivity index (χ4n) is 4.41. The molecular formula is C19H17FNO4-. The van der Waals surface area contributed by atoms with Crippen molar-refractivity contribution in [1.29, 1.82) is 0 Å². The minimum Gasteiger partial charge on any atom is -0.550 e. The largest absolute Gasteiger partial charge is 0.550 e. The number of ether oxygens (including phenoxy) is 1. The number of aliphatic carboxylic acids is 1. The summed E-state index contributed by atoms with van der Waals surface area (Å²) in [5.41, 5.74) is 0.344. The smallest absolute Gasteiger partial charge is 0.234 e. The molecule has 25 heavy (non-hydrogen) atoms. The second-order valence-electron chi connectivity index (χ2n) is 6.98. The highest BCUT2D eigenvalue weighted by Gasteiger charge is 2.69. The summed E-state index contributed by atoms with van der Waals surface area (Å²) in [5.74, 6) is -3.89. The van der Waals surface area contributed by atoms with Crippen LogP contribution in [0.25, 0.3) is 0 Å². The predicted molar refractivity (Wildman–Crippen MR) is 85.8 cm³/mol. The molecule has 130 valence electrons. The summed E-state index contributed by atoms with van der Waals surface area (Å²) in [5, 5.41) is 11.6. The van der Waals surface area contributed by atoms with Gasteiger partial charge in [0, 0.05) is 17.6 Å². The molecule has 6 heteroatoms. The van der Waals surface area contributed by atoms with Gasteiger partial charge in [0.15, 0.2) is 0 Å². The van der Waals surface area contributed by atoms with Crippen LogP contribution < -0.4 is 10.0 Å². The maximum Gasteiger partial charge on any atom is 0.234 e. The highest BCUT2D eigenvalue weighted by Crippen LogP contribution is 2.56. The molecule has 5 atom stereocenters. The van der Waals surface area contributed by atoms with Gasteiger partial charge in [0.25, 0.3) is 0 Å². The molecule has 2 fully saturated rings. The third kappa shape index (κ3) is 2.10. The molecule has 1 aromatic carbocycles. The Kier molecular flexibility index (Phi) is 3.37. The Hall–Kier alpha value is -2.47. The molecule has 0 N–H and O–H groups in total. The van der Waals surface area contributed by atoms with Crippen LogP contribution in [-0.4, -0.2) is 29.6 Å². The second-order valence-corrected chi connectivity index (χ2v) is 6.98. The molecule has 3 heterocycles. The minimum atomic E-state index is -1.29. The van der Waals surface area contributed by atoms with Crippen LogP contribution in [0.1, 0.15) is 13.3 Å². The number of carbonyl (C=O) groups excluding carboxylic acids is 2. The standard InChI is InChI=1S/C19H18FNO4/c1-10(2)9-14-19-8-7-13(25-19)15(18(23)24)16(19)17(22)21(14)12-5-3-11(20)4-6-12/h3-8,13-16H,1,9H2,2H3,(H,23,24)/p-1/t13-,14-,15+,16-,19-/m1/s1. The van der Waals surface area contributed by atoms with Crippen molar-refractivity contribution in [3.8, 4) is 0 Å². The highest BCUT2D eigenvalue weighted by atomic mass is 19.1. The molecule has 2 saturated heterocycles. The van der Waals surface area contributed by atoms with E-state index in [1.54, 1.807) is 12.2 Å². The predicted octanol–water partition coefficient (Wildman–Crippen LogP) is 1.20. The van der Waals surface area contributed by atoms with Crippen molar-refractivity contribution in [2.45, 2.75) is 31.1 Å². The van der Waals surface area contributed by atoms with Gasteiger partial charge in [0.1, 0.15) is 11.4 Å². The lowest BCUT2D eigenvalue weighted by molar-refractivity contribution is -0.313. The Morgan fingerprint density at radius 2 is 2.08 bits per heavy atom. The number of carbonyl (C=O) groups is 2. The lowest BCUT2D eigenvalue weighted by Crippen LogP contribution is -2.46. The zero-order chi connectivity index (χ0) is 17.9. The first kappa shape index (κ1) is 16.0. The van der Waals surface area contributed by atoms with Gasteiger partial charge in [0.2, 0.25) is 5.91 Å². The Bertz CT molecular complexity index is 802. The normalized spacial score (nSPS) is 35.3. The van der Waals surface area contributed by atoms with Gasteiger partial charge >= 0.3 is 0 Å². The zero-order valence-electron chi connectivity index (χ0n) is 13.6. The number of halogens is 1. The number of carboxylic acids is 1. The highest BCUT2D eigenvalue weighted by molar-refractivity contribution is 6.03. The van der Waals surface area contributed by atoms with Gasteiger partial charge in [-0.3, -0.25) is 4.79 Å². The molecule has 3 aliphatic heterocycles. The minimum absolute atomic E-state index is 0.334. The Morgan fingerprint density at radius 3 is 2.68 bits per heavy atom. The van der Waals surface area contributed by atoms with E-state index in [2.05, 4.69) is 6.58 Å². The van der Waals surface area contributed by atoms with Crippen molar-refractivity contribution in [2.75, 3.05) is 4.90 Å². The van der Waals surface area contributed by atoms with Crippen molar-refractivity contribution in [3.63, 3.8) is 0 Å². The van der Waals surface area contributed by atoms with Gasteiger partial charge in [0.05, 0.1) is 18.1 Å². The molecule has 3 aliphatic rings. The van der Waals surface area contributed by atoms with Crippen LogP contribution in [0.2, 0.25) is 0 Å². The lowest BCUT2D eigenvalue weighted by Gasteiger charge is -2.33. The molecule has 2 bridgehead atoms. The SMILES string of the molecule is C=C(C)C[C@H]1N(c2ccc(F)cc2)C(=O)[C@H]2[C@@H](C(=O)[O-])[C@H]3C=C[C@]21O3. The van der Waals surface area contributed by atoms with Crippen molar-refractivity contribution in [2.24, 2.45) is 11.8 Å². The van der Waals surface area contributed by atoms with E-state index in [0.29, 0.717) is 12.1 Å². The molecule has 0 aliphatic carbocycles. The fraction of sp³-hybridized carbons (Fsp3) is 0.368. The van der Waals surface area contributed by atoms with Gasteiger partial charge in [-0.25, -0.2) is 4.39 Å². The first-order valence-electron chi connectivity index (χ1n) is 8.16. The monoisotopic (exact) mass is 342 g/mol. The number of nitrogens with zero attached hydrogens (tertiary/aromatic N) is 1. The van der Waals surface area contributed by atoms with Crippen molar-refractivity contribution < 1.29 is 23.8 Å². The average Bonchev–Trinajstić information content (AvgIpc) is 3.18. The van der Waals surface area contributed by atoms with E-state index in [-0.39, 0.29) is 5.91 Å². The molecular weight excluding hydrogens is 325 g/mol. The fourth-order valence-corrected chi connectivity index (χ4v) is 4.41. The summed E-state index contributed by atoms with van der Waals surface area (Å²) in [6.45, 7) is 5.77. The molecule has 5 nitrogen and oxygen atoms in total. The first-order valence-corrected chi connectivity index (χ1v) is 8.16. The van der Waals surface area contributed by atoms with E-state index in [1.165, 1.54) is 29.2 Å². The maximum absolute atomic E-state index is 13.3. The summed E-state index contributed by atoms with van der Waals surface area (Å²) in [4.78, 5) is 26.3. The number of carboxylic acid groups (broad SMARTS) is 1. The zero-order valence-corrected chi connectivity index (χ0v) is 13.6. The van der Waals surface area contributed by atoms with Crippen molar-refractivity contribution in [1.82, 2.24) is 0 Å². The van der Waals surface area contributed by atoms with Crippen molar-refractivity contribution >= 4 is 17.6 Å². The average molecular weight is 342 g/mol. The summed E-state index contributed by atoms with van der Waals surface area (Å²) in [6, 6.07) is 5.15. The molecule has 0 radical (unpaired) electrons. The van der Waals surface area contributed by atoms with Gasteiger partial charge in [-0.2, -0.15) is 0 Å². The van der Waals surface area contributed by atoms with Crippen LogP contribution in [0, 0.1) is 17.7 Å². The molecule has 1 spiro atoms. The van der Waals surface area contributed by atoms with Crippen LogP contribution in [0.5, 0.6) is 0 Å². The Morgan fingerprint density at radius 1 is 1.40 bits per heavy atom. The van der Waals surface area contributed by atoms with E-state index in [0.717, 1.165) is 5.57 Å². The Balaban J connectivity index is 1.84. The summed E-state index contributed by atoms with van der Waals surface area (Å²) < 4.78 is 19.3. The number of amides is 1. The number of fused-ring (bicyclic) bond motifs is 1. The second kappa shape index (κ2) is 5.26. The van der Waals surface area contributed by atoms with Crippen molar-refractivity contribution in [3.05, 3.63) is 54.4 Å². The molecule has 0 unspecified atom stereocenters. The van der Waals surface area contributed by atoms with Gasteiger partial charge in [-0.1, -0.05) is 17.7 Å². The molecule has 1 aromatic rings.